The number of hydrogen-bond acceptors (Lipinski definition) is 6. The number of nitrogens with one attached hydrogen (secondary N) is 1. The molecule has 2 aromatic carbocycles. The van der Waals surface area contributed by atoms with Crippen molar-refractivity contribution >= 4 is 5.71 Å². The van der Waals surface area contributed by atoms with E-state index in [1.165, 1.54) is 11.1 Å². The Bertz CT molecular complexity index is 1000. The van der Waals surface area contributed by atoms with E-state index >= 15 is 0 Å². The van der Waals surface area contributed by atoms with Crippen LogP contribution in [0.15, 0.2) is 41.4 Å². The van der Waals surface area contributed by atoms with Crippen molar-refractivity contribution in [2.24, 2.45) is 4.99 Å². The van der Waals surface area contributed by atoms with Gasteiger partial charge in [0, 0.05) is 23.9 Å². The first-order chi connectivity index (χ1) is 14.7. The minimum absolute atomic E-state index is 0.0801. The summed E-state index contributed by atoms with van der Waals surface area (Å²) < 4.78 is 0. The van der Waals surface area contributed by atoms with Crippen LogP contribution in [-0.4, -0.2) is 42.2 Å². The van der Waals surface area contributed by atoms with Crippen LogP contribution in [0.2, 0.25) is 0 Å². The van der Waals surface area contributed by atoms with Crippen LogP contribution < -0.4 is 5.32 Å². The van der Waals surface area contributed by atoms with Gasteiger partial charge in [0.2, 0.25) is 0 Å². The molecule has 30 heavy (non-hydrogen) atoms. The standard InChI is InChI=1S/C12H14N2O.C12H12N2O/c2*13-8-9-2-1-3-11-10(9)4-5-12(11)14-6-7-15/h1-3,12,14-15H,4-7H2;1-3,15H,4-7H2. The first-order valence-electron chi connectivity index (χ1n) is 10.3. The van der Waals surface area contributed by atoms with E-state index < -0.39 is 0 Å². The topological polar surface area (TPSA) is 112 Å². The summed E-state index contributed by atoms with van der Waals surface area (Å²) in [6.07, 6.45) is 3.76. The summed E-state index contributed by atoms with van der Waals surface area (Å²) >= 11 is 0. The molecule has 2 aromatic rings. The van der Waals surface area contributed by atoms with Gasteiger partial charge in [0.15, 0.2) is 0 Å². The van der Waals surface area contributed by atoms with E-state index in [9.17, 15) is 0 Å². The Kier molecular flexibility index (Phi) is 7.70. The van der Waals surface area contributed by atoms with E-state index in [2.05, 4.69) is 28.5 Å². The molecule has 2 aliphatic rings. The van der Waals surface area contributed by atoms with Crippen molar-refractivity contribution in [1.29, 1.82) is 10.5 Å². The molecule has 0 radical (unpaired) electrons. The van der Waals surface area contributed by atoms with Gasteiger partial charge in [0.25, 0.3) is 0 Å². The second-order valence-electron chi connectivity index (χ2n) is 7.25. The quantitative estimate of drug-likeness (QED) is 0.711. The van der Waals surface area contributed by atoms with Gasteiger partial charge in [-0.1, -0.05) is 24.3 Å². The summed E-state index contributed by atoms with van der Waals surface area (Å²) in [6.45, 7) is 1.30. The Morgan fingerprint density at radius 3 is 2.37 bits per heavy atom. The molecule has 0 aliphatic heterocycles. The maximum atomic E-state index is 8.95. The van der Waals surface area contributed by atoms with Gasteiger partial charge >= 0.3 is 0 Å². The molecule has 154 valence electrons. The van der Waals surface area contributed by atoms with Crippen molar-refractivity contribution in [1.82, 2.24) is 5.32 Å². The highest BCUT2D eigenvalue weighted by molar-refractivity contribution is 6.05. The zero-order chi connectivity index (χ0) is 21.3. The first kappa shape index (κ1) is 21.7. The van der Waals surface area contributed by atoms with Gasteiger partial charge in [-0.25, -0.2) is 0 Å². The van der Waals surface area contributed by atoms with E-state index in [0.29, 0.717) is 19.1 Å². The summed E-state index contributed by atoms with van der Waals surface area (Å²) in [5.41, 5.74) is 7.16. The molecule has 0 bridgehead atoms. The lowest BCUT2D eigenvalue weighted by atomic mass is 10.0. The normalized spacial score (nSPS) is 17.5. The van der Waals surface area contributed by atoms with E-state index in [0.717, 1.165) is 53.6 Å². The van der Waals surface area contributed by atoms with E-state index in [1.807, 2.05) is 30.3 Å². The molecule has 6 nitrogen and oxygen atoms in total. The molecule has 6 heteroatoms. The number of nitriles is 2. The lowest BCUT2D eigenvalue weighted by molar-refractivity contribution is 0.284. The van der Waals surface area contributed by atoms with Gasteiger partial charge in [-0.2, -0.15) is 10.5 Å². The number of nitrogens with zero attached hydrogens (tertiary/aromatic N) is 3. The van der Waals surface area contributed by atoms with Crippen LogP contribution in [0.1, 0.15) is 52.3 Å². The van der Waals surface area contributed by atoms with Crippen molar-refractivity contribution in [2.75, 3.05) is 26.3 Å². The Labute approximate surface area is 177 Å². The zero-order valence-electron chi connectivity index (χ0n) is 16.9. The number of fused-ring (bicyclic) bond motifs is 2. The number of hydrogen-bond donors (Lipinski definition) is 3. The number of aliphatic hydroxyl groups is 2. The van der Waals surface area contributed by atoms with Crippen molar-refractivity contribution < 1.29 is 10.2 Å². The summed E-state index contributed by atoms with van der Waals surface area (Å²) in [5, 5.41) is 38.6. The van der Waals surface area contributed by atoms with Crippen LogP contribution in [0.4, 0.5) is 0 Å². The summed E-state index contributed by atoms with van der Waals surface area (Å²) in [5.74, 6) is 0. The van der Waals surface area contributed by atoms with Crippen LogP contribution in [-0.2, 0) is 12.8 Å². The first-order valence-corrected chi connectivity index (χ1v) is 10.3. The van der Waals surface area contributed by atoms with Crippen LogP contribution in [0.5, 0.6) is 0 Å². The molecule has 0 saturated carbocycles. The van der Waals surface area contributed by atoms with Crippen LogP contribution in [0.3, 0.4) is 0 Å². The fourth-order valence-corrected chi connectivity index (χ4v) is 4.17. The van der Waals surface area contributed by atoms with Crippen molar-refractivity contribution in [3.05, 3.63) is 69.8 Å². The predicted octanol–water partition coefficient (Wildman–Crippen LogP) is 2.41. The Hall–Kier alpha value is -3.03. The van der Waals surface area contributed by atoms with E-state index in [4.69, 9.17) is 20.7 Å². The second kappa shape index (κ2) is 10.7. The van der Waals surface area contributed by atoms with Gasteiger partial charge < -0.3 is 15.5 Å². The van der Waals surface area contributed by atoms with E-state index in [-0.39, 0.29) is 13.2 Å². The molecule has 2 aliphatic carbocycles. The second-order valence-corrected chi connectivity index (χ2v) is 7.25. The van der Waals surface area contributed by atoms with Crippen molar-refractivity contribution in [3.8, 4) is 12.1 Å². The molecule has 0 spiro atoms. The van der Waals surface area contributed by atoms with E-state index in [1.54, 1.807) is 0 Å². The third-order valence-electron chi connectivity index (χ3n) is 5.52. The monoisotopic (exact) mass is 402 g/mol. The molecule has 0 fully saturated rings. The summed E-state index contributed by atoms with van der Waals surface area (Å²) in [7, 11) is 0. The number of benzene rings is 2. The highest BCUT2D eigenvalue weighted by Gasteiger charge is 2.23. The molecule has 0 saturated heterocycles. The lowest BCUT2D eigenvalue weighted by Crippen LogP contribution is -2.22. The zero-order valence-corrected chi connectivity index (χ0v) is 16.9. The molecular weight excluding hydrogens is 376 g/mol. The fourth-order valence-electron chi connectivity index (χ4n) is 4.17. The van der Waals surface area contributed by atoms with Gasteiger partial charge in [-0.05, 0) is 54.5 Å². The maximum absolute atomic E-state index is 8.95. The van der Waals surface area contributed by atoms with Crippen LogP contribution >= 0.6 is 0 Å². The molecule has 3 N–H and O–H groups in total. The third-order valence-corrected chi connectivity index (χ3v) is 5.52. The smallest absolute Gasteiger partial charge is 0.0994 e. The lowest BCUT2D eigenvalue weighted by Gasteiger charge is -2.12. The van der Waals surface area contributed by atoms with Crippen LogP contribution in [0, 0.1) is 22.7 Å². The third kappa shape index (κ3) is 4.75. The molecule has 1 atom stereocenters. The van der Waals surface area contributed by atoms with Gasteiger partial charge in [0.05, 0.1) is 43.0 Å². The Morgan fingerprint density at radius 1 is 0.933 bits per heavy atom. The summed E-state index contributed by atoms with van der Waals surface area (Å²) in [4.78, 5) is 4.32. The molecule has 0 amide bonds. The Balaban J connectivity index is 0.000000171. The largest absolute Gasteiger partial charge is 0.395 e. The molecule has 1 unspecified atom stereocenters. The fraction of sp³-hybridized carbons (Fsp3) is 0.375. The van der Waals surface area contributed by atoms with Gasteiger partial charge in [-0.3, -0.25) is 4.99 Å². The molecule has 4 rings (SSSR count). The molecule has 0 aromatic heterocycles. The van der Waals surface area contributed by atoms with Crippen molar-refractivity contribution in [2.45, 2.75) is 31.7 Å². The Morgan fingerprint density at radius 2 is 1.67 bits per heavy atom. The molecule has 0 heterocycles. The predicted molar refractivity (Wildman–Crippen MR) is 115 cm³/mol. The van der Waals surface area contributed by atoms with Gasteiger partial charge in [-0.15, -0.1) is 0 Å². The number of rotatable bonds is 5. The highest BCUT2D eigenvalue weighted by atomic mass is 16.3. The highest BCUT2D eigenvalue weighted by Crippen LogP contribution is 2.32. The average molecular weight is 402 g/mol. The summed E-state index contributed by atoms with van der Waals surface area (Å²) in [6, 6.07) is 16.3. The number of aliphatic imine (C=N–C) groups is 1. The van der Waals surface area contributed by atoms with Crippen molar-refractivity contribution in [3.63, 3.8) is 0 Å². The van der Waals surface area contributed by atoms with Crippen LogP contribution in [0.25, 0.3) is 0 Å². The van der Waals surface area contributed by atoms with Gasteiger partial charge in [0.1, 0.15) is 0 Å². The molecular formula is C24H26N4O2. The number of aliphatic hydroxyl groups excluding tert-OH is 2. The minimum Gasteiger partial charge on any atom is -0.395 e. The minimum atomic E-state index is 0.0801. The average Bonchev–Trinajstić information content (AvgIpc) is 3.40. The maximum Gasteiger partial charge on any atom is 0.0994 e. The SMILES string of the molecule is N#Cc1cccc2c1CCC2=NCCO.N#Cc1cccc2c1CCC2NCCO.